The second-order valence-corrected chi connectivity index (χ2v) is 8.03. The minimum Gasteiger partial charge on any atom is -0.497 e. The van der Waals surface area contributed by atoms with Crippen molar-refractivity contribution >= 4 is 16.9 Å². The third-order valence-corrected chi connectivity index (χ3v) is 5.84. The number of nitrogens with one attached hydrogen (secondary N) is 1. The number of hydrogen-bond donors (Lipinski definition) is 1. The molecule has 1 saturated heterocycles. The molecule has 1 amide bonds. The van der Waals surface area contributed by atoms with E-state index in [1.165, 1.54) is 0 Å². The van der Waals surface area contributed by atoms with Gasteiger partial charge < -0.3 is 19.5 Å². The summed E-state index contributed by atoms with van der Waals surface area (Å²) in [6, 6.07) is 7.52. The molecule has 1 aliphatic heterocycles. The van der Waals surface area contributed by atoms with Crippen LogP contribution in [0.5, 0.6) is 11.5 Å². The fraction of sp³-hybridized carbons (Fsp3) is 0.458. The highest BCUT2D eigenvalue weighted by atomic mass is 16.5. The van der Waals surface area contributed by atoms with Gasteiger partial charge in [-0.15, -0.1) is 0 Å². The van der Waals surface area contributed by atoms with Gasteiger partial charge in [-0.2, -0.15) is 5.10 Å². The second-order valence-electron chi connectivity index (χ2n) is 8.03. The molecular weight excluding hydrogens is 422 g/mol. The highest BCUT2D eigenvalue weighted by Crippen LogP contribution is 2.26. The minimum atomic E-state index is -0.111. The molecule has 0 aliphatic carbocycles. The predicted molar refractivity (Wildman–Crippen MR) is 125 cm³/mol. The monoisotopic (exact) mass is 453 g/mol. The largest absolute Gasteiger partial charge is 0.497 e. The Balaban J connectivity index is 1.33. The zero-order valence-electron chi connectivity index (χ0n) is 19.2. The molecule has 1 aliphatic rings. The molecule has 9 nitrogen and oxygen atoms in total. The van der Waals surface area contributed by atoms with E-state index < -0.39 is 0 Å². The minimum absolute atomic E-state index is 0.111. The summed E-state index contributed by atoms with van der Waals surface area (Å²) >= 11 is 0. The fourth-order valence-corrected chi connectivity index (χ4v) is 3.94. The average Bonchev–Trinajstić information content (AvgIpc) is 3.26. The molecule has 0 saturated carbocycles. The van der Waals surface area contributed by atoms with Crippen molar-refractivity contribution in [3.63, 3.8) is 0 Å². The molecule has 0 bridgehead atoms. The zero-order valence-corrected chi connectivity index (χ0v) is 19.2. The first-order valence-electron chi connectivity index (χ1n) is 11.3. The Hall–Kier alpha value is -3.17. The molecule has 0 unspecified atom stereocenters. The Labute approximate surface area is 193 Å². The van der Waals surface area contributed by atoms with Crippen molar-refractivity contribution in [3.8, 4) is 11.5 Å². The summed E-state index contributed by atoms with van der Waals surface area (Å²) in [6.07, 6.45) is 5.34. The molecule has 3 heterocycles. The molecule has 3 aromatic rings. The van der Waals surface area contributed by atoms with Crippen LogP contribution in [0.25, 0.3) is 11.0 Å². The Kier molecular flexibility index (Phi) is 7.74. The number of ether oxygens (including phenoxy) is 3. The van der Waals surface area contributed by atoms with Crippen LogP contribution in [-0.2, 0) is 11.3 Å². The summed E-state index contributed by atoms with van der Waals surface area (Å²) in [5, 5.41) is 8.28. The van der Waals surface area contributed by atoms with Crippen molar-refractivity contribution in [2.24, 2.45) is 0 Å². The average molecular weight is 454 g/mol. The summed E-state index contributed by atoms with van der Waals surface area (Å²) in [6.45, 7) is 5.82. The van der Waals surface area contributed by atoms with Gasteiger partial charge in [0, 0.05) is 42.8 Å². The van der Waals surface area contributed by atoms with Crippen LogP contribution in [0.15, 0.2) is 36.7 Å². The maximum Gasteiger partial charge on any atom is 0.252 e. The Morgan fingerprint density at radius 2 is 1.97 bits per heavy atom. The van der Waals surface area contributed by atoms with Crippen molar-refractivity contribution in [1.82, 2.24) is 25.0 Å². The van der Waals surface area contributed by atoms with E-state index in [-0.39, 0.29) is 5.91 Å². The first-order valence-corrected chi connectivity index (χ1v) is 11.3. The van der Waals surface area contributed by atoms with Crippen molar-refractivity contribution in [2.45, 2.75) is 19.4 Å². The van der Waals surface area contributed by atoms with Crippen LogP contribution in [0.4, 0.5) is 0 Å². The van der Waals surface area contributed by atoms with Gasteiger partial charge in [0.25, 0.3) is 5.91 Å². The van der Waals surface area contributed by atoms with E-state index in [1.54, 1.807) is 31.3 Å². The van der Waals surface area contributed by atoms with Crippen molar-refractivity contribution in [1.29, 1.82) is 0 Å². The summed E-state index contributed by atoms with van der Waals surface area (Å²) in [7, 11) is 3.25. The highest BCUT2D eigenvalue weighted by molar-refractivity contribution is 5.96. The number of benzene rings is 1. The first-order chi connectivity index (χ1) is 16.2. The first kappa shape index (κ1) is 23.0. The number of nitrogens with zero attached hydrogens (tertiary/aromatic N) is 4. The summed E-state index contributed by atoms with van der Waals surface area (Å²) in [5.74, 6) is 1.35. The van der Waals surface area contributed by atoms with Crippen molar-refractivity contribution in [2.75, 3.05) is 53.6 Å². The lowest BCUT2D eigenvalue weighted by Crippen LogP contribution is -2.37. The molecule has 2 aromatic heterocycles. The van der Waals surface area contributed by atoms with Gasteiger partial charge in [0.1, 0.15) is 11.5 Å². The number of unbranched alkanes of at least 4 members (excludes halogenated alkanes) is 1. The Bertz CT molecular complexity index is 1080. The maximum atomic E-state index is 12.6. The van der Waals surface area contributed by atoms with Crippen molar-refractivity contribution < 1.29 is 19.0 Å². The van der Waals surface area contributed by atoms with E-state index >= 15 is 0 Å². The zero-order chi connectivity index (χ0) is 23.0. The molecule has 1 N–H and O–H groups in total. The number of aromatic nitrogens is 3. The smallest absolute Gasteiger partial charge is 0.252 e. The molecule has 33 heavy (non-hydrogen) atoms. The van der Waals surface area contributed by atoms with Crippen LogP contribution in [-0.4, -0.2) is 79.2 Å². The third kappa shape index (κ3) is 5.80. The van der Waals surface area contributed by atoms with E-state index in [0.29, 0.717) is 18.7 Å². The summed E-state index contributed by atoms with van der Waals surface area (Å²) < 4.78 is 17.9. The number of pyridine rings is 1. The van der Waals surface area contributed by atoms with Gasteiger partial charge in [0.05, 0.1) is 45.7 Å². The van der Waals surface area contributed by atoms with E-state index in [2.05, 4.69) is 20.3 Å². The molecule has 4 rings (SSSR count). The van der Waals surface area contributed by atoms with Crippen molar-refractivity contribution in [3.05, 3.63) is 47.8 Å². The Morgan fingerprint density at radius 1 is 1.12 bits per heavy atom. The van der Waals surface area contributed by atoms with E-state index in [0.717, 1.165) is 73.8 Å². The number of carbonyl (C=O) groups is 1. The van der Waals surface area contributed by atoms with Crippen LogP contribution in [0.3, 0.4) is 0 Å². The van der Waals surface area contributed by atoms with Gasteiger partial charge in [-0.25, -0.2) is 9.67 Å². The lowest BCUT2D eigenvalue weighted by atomic mass is 10.2. The molecule has 0 radical (unpaired) electrons. The molecular formula is C24H31N5O4. The normalized spacial score (nSPS) is 14.4. The van der Waals surface area contributed by atoms with E-state index in [4.69, 9.17) is 14.2 Å². The van der Waals surface area contributed by atoms with Gasteiger partial charge in [0.2, 0.25) is 0 Å². The SMILES string of the molecule is COc1ccc(Cn2ncc3cc(C(=O)NCCCCN4CCOCC4)cnc32)c(OC)c1. The maximum absolute atomic E-state index is 12.6. The Morgan fingerprint density at radius 3 is 2.76 bits per heavy atom. The molecule has 9 heteroatoms. The van der Waals surface area contributed by atoms with Gasteiger partial charge in [-0.05, 0) is 37.6 Å². The van der Waals surface area contributed by atoms with E-state index in [1.807, 2.05) is 24.3 Å². The van der Waals surface area contributed by atoms with Gasteiger partial charge in [-0.3, -0.25) is 9.69 Å². The molecule has 0 atom stereocenters. The number of morpholine rings is 1. The molecule has 1 aromatic carbocycles. The number of hydrogen-bond acceptors (Lipinski definition) is 7. The number of methoxy groups -OCH3 is 2. The molecule has 0 spiro atoms. The lowest BCUT2D eigenvalue weighted by Gasteiger charge is -2.26. The van der Waals surface area contributed by atoms with Crippen LogP contribution in [0, 0.1) is 0 Å². The highest BCUT2D eigenvalue weighted by Gasteiger charge is 2.13. The number of rotatable bonds is 10. The van der Waals surface area contributed by atoms with Gasteiger partial charge in [-0.1, -0.05) is 0 Å². The van der Waals surface area contributed by atoms with Gasteiger partial charge in [0.15, 0.2) is 5.65 Å². The topological polar surface area (TPSA) is 90.7 Å². The standard InChI is InChI=1S/C24H31N5O4/c1-31-21-6-5-18(22(14-21)32-2)17-29-23-19(16-27-29)13-20(15-26-23)24(30)25-7-3-4-8-28-9-11-33-12-10-28/h5-6,13-16H,3-4,7-12,17H2,1-2H3,(H,25,30). The second kappa shape index (κ2) is 11.1. The number of fused-ring (bicyclic) bond motifs is 1. The van der Waals surface area contributed by atoms with Crippen LogP contribution < -0.4 is 14.8 Å². The number of amides is 1. The van der Waals surface area contributed by atoms with E-state index in [9.17, 15) is 4.79 Å². The third-order valence-electron chi connectivity index (χ3n) is 5.84. The molecule has 1 fully saturated rings. The lowest BCUT2D eigenvalue weighted by molar-refractivity contribution is 0.0372. The summed E-state index contributed by atoms with van der Waals surface area (Å²) in [4.78, 5) is 19.5. The quantitative estimate of drug-likeness (QED) is 0.471. The fourth-order valence-electron chi connectivity index (χ4n) is 3.94. The summed E-state index contributed by atoms with van der Waals surface area (Å²) in [5.41, 5.74) is 2.22. The van der Waals surface area contributed by atoms with Crippen LogP contribution in [0.2, 0.25) is 0 Å². The molecule has 176 valence electrons. The number of carbonyl (C=O) groups excluding carboxylic acids is 1. The predicted octanol–water partition coefficient (Wildman–Crippen LogP) is 2.34. The van der Waals surface area contributed by atoms with Gasteiger partial charge >= 0.3 is 0 Å². The van der Waals surface area contributed by atoms with Crippen LogP contribution >= 0.6 is 0 Å². The van der Waals surface area contributed by atoms with Crippen LogP contribution in [0.1, 0.15) is 28.8 Å².